The molecule has 32 heteroatoms. The van der Waals surface area contributed by atoms with Gasteiger partial charge in [-0.25, -0.2) is 19.2 Å². The van der Waals surface area contributed by atoms with Gasteiger partial charge in [0.05, 0.1) is 66.4 Å². The van der Waals surface area contributed by atoms with E-state index in [4.69, 9.17) is 65.8 Å². The van der Waals surface area contributed by atoms with Crippen LogP contribution in [0.5, 0.6) is 23.0 Å². The first kappa shape index (κ1) is 91.9. The minimum absolute atomic E-state index is 0.0782. The lowest BCUT2D eigenvalue weighted by Gasteiger charge is -2.54. The molecule has 12 aromatic rings. The lowest BCUT2D eigenvalue weighted by Crippen LogP contribution is -2.57. The SMILES string of the molecule is COC(=O)C1C2CC3C(OC(=O)C31)C2OC(=O)COc1ccc([S+]2c3ccccc3Sc3ccccc32)cc1.O=C(COc1ccc(-[s+]2ccc3ccccc32)cc1)OC1C2CC3C(=O)OC1C3O2.O=C(COc1ccc([S+]2c3ccccc3Sc3ccccc32)cc1)OC12CC3CC(C1)C(=O)C(C3)C2.O=C(COc1ccc([S+]2c3ccccc3Sc3ccccc32)cc1)OC1C2CC3C(O2)C1OS3(=O)=O. The molecular formula is C109H92O24S8+4. The summed E-state index contributed by atoms with van der Waals surface area (Å²) in [6, 6.07) is 93.3. The molecular weight excluding hydrogens is 1950 g/mol. The topological polar surface area (TPSA) is 300 Å². The standard InChI is InChI=1S/C30H25O7S2.C30H27O4S2.C26H21O7S3.C23H19O6S/c1-34-29(32)25-18-14-19-26(25)30(33)37-28(19)27(18)36-24(31)15-35-16-10-12-17(13-11-16)39-22-8-4-2-6-20(22)38-21-7-3-5-9-23(21)39;31-28(34-30-15-19-13-20(16-30)29(32)21(14-19)17-30)18-33-22-9-11-23(12-10-22)36-26-7-3-1-5-24(26)35-25-6-2-4-8-27(25)36;27-23(32-24-17-13-22-25(31-17)26(24)33-36(22,28)29)14-30-15-9-11-16(12-10-15)35-20-7-3-1-5-18(20)34-19-6-2-4-8-21(19)35;24-19(28-21-17-11-16-20(27-17)22(21)29-23(16)25)12-26-14-5-7-15(8-6-14)30-10-9-13-3-1-2-4-18(13)30/h2-13,18-19,25-28H,14-15H2,1H3;1-12,19-21H,13-18H2;1-12,17,22,24-26H,13-14H2;1-10,16-17,20-22H,11-12H2/q4*+1. The van der Waals surface area contributed by atoms with Crippen LogP contribution < -0.4 is 18.9 Å². The van der Waals surface area contributed by atoms with E-state index < -0.39 is 111 Å². The fourth-order valence-electron chi connectivity index (χ4n) is 23.2. The Balaban J connectivity index is 0.000000102. The van der Waals surface area contributed by atoms with E-state index >= 15 is 0 Å². The summed E-state index contributed by atoms with van der Waals surface area (Å²) in [5, 5.41) is 2.82. The number of benzene rings is 11. The van der Waals surface area contributed by atoms with E-state index in [0.717, 1.165) is 19.3 Å². The Morgan fingerprint density at radius 1 is 0.397 bits per heavy atom. The summed E-state index contributed by atoms with van der Waals surface area (Å²) in [7, 11) is -3.09. The largest absolute Gasteiger partial charge is 0.482 e. The smallest absolute Gasteiger partial charge is 0.344 e. The number of rotatable bonds is 21. The van der Waals surface area contributed by atoms with Crippen molar-refractivity contribution >= 4 is 146 Å². The maximum atomic E-state index is 12.7. The number of fused-ring (bicyclic) bond motifs is 10. The summed E-state index contributed by atoms with van der Waals surface area (Å²) >= 11 is 5.42. The van der Waals surface area contributed by atoms with E-state index in [9.17, 15) is 46.8 Å². The van der Waals surface area contributed by atoms with Crippen molar-refractivity contribution in [2.24, 2.45) is 47.3 Å². The van der Waals surface area contributed by atoms with Crippen molar-refractivity contribution in [1.82, 2.24) is 0 Å². The number of hydrogen-bond acceptors (Lipinski definition) is 27. The van der Waals surface area contributed by atoms with Gasteiger partial charge in [-0.3, -0.25) is 23.4 Å². The fraction of sp³-hybridized carbons (Fsp3) is 0.303. The summed E-state index contributed by atoms with van der Waals surface area (Å²) in [6.07, 6.45) is 0.489. The molecule has 0 spiro atoms. The molecule has 0 radical (unpaired) electrons. The van der Waals surface area contributed by atoms with Gasteiger partial charge in [0.2, 0.25) is 0 Å². The minimum Gasteiger partial charge on any atom is -0.482 e. The molecule has 7 saturated heterocycles. The first-order valence-corrected chi connectivity index (χ1v) is 55.9. The van der Waals surface area contributed by atoms with Crippen LogP contribution in [0, 0.1) is 47.3 Å². The molecule has 0 N–H and O–H groups in total. The van der Waals surface area contributed by atoms with Crippen LogP contribution in [0.3, 0.4) is 0 Å². The quantitative estimate of drug-likeness (QED) is 0.0279. The molecule has 10 aliphatic heterocycles. The number of ketones is 1. The summed E-state index contributed by atoms with van der Waals surface area (Å²) in [5.41, 5.74) is -0.449. The van der Waals surface area contributed by atoms with Crippen LogP contribution in [0.25, 0.3) is 15.0 Å². The van der Waals surface area contributed by atoms with Crippen LogP contribution >= 0.6 is 45.8 Å². The number of Topliss-reactive ketones (excluding diaryl/α,β-unsaturated/α-hetero) is 1. The number of hydrogen-bond donors (Lipinski definition) is 0. The Labute approximate surface area is 836 Å². The normalized spacial score (nSPS) is 28.4. The highest BCUT2D eigenvalue weighted by atomic mass is 32.2. The third kappa shape index (κ3) is 17.4. The third-order valence-corrected chi connectivity index (χ3v) is 43.9. The molecule has 716 valence electrons. The van der Waals surface area contributed by atoms with Gasteiger partial charge in [0.25, 0.3) is 10.1 Å². The molecule has 24 nitrogen and oxygen atoms in total. The van der Waals surface area contributed by atoms with Crippen LogP contribution in [0.4, 0.5) is 0 Å². The molecule has 11 aromatic carbocycles. The average molecular weight is 2040 g/mol. The van der Waals surface area contributed by atoms with E-state index in [1.165, 1.54) is 95.5 Å². The molecule has 10 bridgehead atoms. The Morgan fingerprint density at radius 2 is 0.801 bits per heavy atom. The highest BCUT2D eigenvalue weighted by molar-refractivity contribution is 8.05. The Hall–Kier alpha value is -11.5. The first-order chi connectivity index (χ1) is 68.7. The maximum absolute atomic E-state index is 12.7. The van der Waals surface area contributed by atoms with Crippen molar-refractivity contribution in [2.75, 3.05) is 33.5 Å². The molecule has 6 aliphatic carbocycles. The highest BCUT2D eigenvalue weighted by Gasteiger charge is 2.71. The monoisotopic (exact) mass is 2040 g/mol. The molecule has 11 heterocycles. The van der Waals surface area contributed by atoms with Gasteiger partial charge in [0, 0.05) is 57.7 Å². The minimum atomic E-state index is -3.65. The lowest BCUT2D eigenvalue weighted by atomic mass is 9.53. The highest BCUT2D eigenvalue weighted by Crippen LogP contribution is 2.61. The van der Waals surface area contributed by atoms with E-state index in [1.54, 1.807) is 23.5 Å². The summed E-state index contributed by atoms with van der Waals surface area (Å²) in [5.74, 6) is -1.34. The van der Waals surface area contributed by atoms with Crippen LogP contribution in [-0.4, -0.2) is 161 Å². The summed E-state index contributed by atoms with van der Waals surface area (Å²) < 4.78 is 103. The Kier molecular flexibility index (Phi) is 24.8. The number of ether oxygens (including phenoxy) is 13. The average Bonchev–Trinajstić information content (AvgIpc) is 1.47. The number of esters is 7. The molecule has 141 heavy (non-hydrogen) atoms. The van der Waals surface area contributed by atoms with Crippen molar-refractivity contribution in [1.29, 1.82) is 0 Å². The number of thiophene rings is 1. The van der Waals surface area contributed by atoms with Crippen LogP contribution in [0.15, 0.2) is 352 Å². The molecule has 6 saturated carbocycles. The number of methoxy groups -OCH3 is 1. The van der Waals surface area contributed by atoms with Gasteiger partial charge in [-0.05, 0) is 227 Å². The van der Waals surface area contributed by atoms with Crippen molar-refractivity contribution in [3.05, 3.63) is 278 Å². The predicted octanol–water partition coefficient (Wildman–Crippen LogP) is 18.2. The second kappa shape index (κ2) is 38.0. The van der Waals surface area contributed by atoms with Crippen LogP contribution in [0.1, 0.15) is 51.4 Å². The van der Waals surface area contributed by atoms with Crippen LogP contribution in [0.2, 0.25) is 0 Å². The molecule has 19 unspecified atom stereocenters. The lowest BCUT2D eigenvalue weighted by molar-refractivity contribution is -0.190. The maximum Gasteiger partial charge on any atom is 0.344 e. The molecule has 0 amide bonds. The van der Waals surface area contributed by atoms with Gasteiger partial charge in [-0.1, -0.05) is 120 Å². The predicted molar refractivity (Wildman–Crippen MR) is 522 cm³/mol. The zero-order valence-electron chi connectivity index (χ0n) is 75.6. The zero-order valence-corrected chi connectivity index (χ0v) is 82.1. The van der Waals surface area contributed by atoms with Gasteiger partial charge in [-0.2, -0.15) is 8.42 Å². The second-order valence-corrected chi connectivity index (χ2v) is 50.1. The zero-order chi connectivity index (χ0) is 95.6. The van der Waals surface area contributed by atoms with Crippen molar-refractivity contribution < 1.29 is 113 Å². The Morgan fingerprint density at radius 3 is 1.27 bits per heavy atom. The van der Waals surface area contributed by atoms with Crippen molar-refractivity contribution in [3.63, 3.8) is 0 Å². The molecule has 28 rings (SSSR count). The van der Waals surface area contributed by atoms with Crippen molar-refractivity contribution in [2.45, 2.75) is 197 Å². The Bertz CT molecular complexity index is 6930. The van der Waals surface area contributed by atoms with Gasteiger partial charge in [0.15, 0.2) is 98.4 Å². The van der Waals surface area contributed by atoms with Crippen molar-refractivity contribution in [3.8, 4) is 27.9 Å². The second-order valence-electron chi connectivity index (χ2n) is 37.3. The van der Waals surface area contributed by atoms with Gasteiger partial charge >= 0.3 is 41.8 Å². The van der Waals surface area contributed by atoms with E-state index in [2.05, 4.69) is 187 Å². The molecule has 16 aliphatic rings. The van der Waals surface area contributed by atoms with E-state index in [-0.39, 0.29) is 130 Å². The van der Waals surface area contributed by atoms with Gasteiger partial charge in [0.1, 0.15) is 108 Å². The molecule has 1 aromatic heterocycles. The number of carbonyl (C=O) groups excluding carboxylic acids is 8. The van der Waals surface area contributed by atoms with Gasteiger partial charge < -0.3 is 61.6 Å². The molecule has 19 atom stereocenters. The summed E-state index contributed by atoms with van der Waals surface area (Å²) in [4.78, 5) is 119. The van der Waals surface area contributed by atoms with Gasteiger partial charge in [-0.15, -0.1) is 0 Å². The first-order valence-electron chi connectivity index (χ1n) is 47.0. The van der Waals surface area contributed by atoms with Crippen LogP contribution in [-0.2, 0) is 128 Å². The van der Waals surface area contributed by atoms with E-state index in [0.29, 0.717) is 60.4 Å². The third-order valence-electron chi connectivity index (χ3n) is 29.0. The molecule has 13 fully saturated rings. The summed E-state index contributed by atoms with van der Waals surface area (Å²) in [6.45, 7) is -0.882. The fourth-order valence-corrected chi connectivity index (χ4v) is 37.9. The number of carbonyl (C=O) groups is 8. The van der Waals surface area contributed by atoms with E-state index in [1.807, 2.05) is 103 Å².